The van der Waals surface area contributed by atoms with E-state index in [0.717, 1.165) is 50.1 Å². The Kier molecular flexibility index (Phi) is 8.30. The van der Waals surface area contributed by atoms with Gasteiger partial charge < -0.3 is 4.74 Å². The summed E-state index contributed by atoms with van der Waals surface area (Å²) in [6.07, 6.45) is 1.54. The van der Waals surface area contributed by atoms with Gasteiger partial charge in [-0.05, 0) is 154 Å². The number of methoxy groups -OCH3 is 1. The van der Waals surface area contributed by atoms with E-state index in [4.69, 9.17) is 28.4 Å². The minimum atomic E-state index is -2.84. The van der Waals surface area contributed by atoms with Gasteiger partial charge in [0.1, 0.15) is 11.6 Å². The molecular formula is C59H63N3O. The molecule has 0 aliphatic rings. The van der Waals surface area contributed by atoms with Crippen molar-refractivity contribution in [1.29, 1.82) is 0 Å². The quantitative estimate of drug-likeness (QED) is 0.160. The minimum Gasteiger partial charge on any atom is -0.496 e. The molecule has 0 aliphatic heterocycles. The zero-order valence-electron chi connectivity index (χ0n) is 48.6. The summed E-state index contributed by atoms with van der Waals surface area (Å²) in [5.41, 5.74) is 11.3. The van der Waals surface area contributed by atoms with Crippen molar-refractivity contribution in [3.63, 3.8) is 0 Å². The van der Waals surface area contributed by atoms with Crippen molar-refractivity contribution >= 4 is 11.0 Å². The Morgan fingerprint density at radius 2 is 1.21 bits per heavy atom. The van der Waals surface area contributed by atoms with E-state index in [1.165, 1.54) is 0 Å². The fourth-order valence-corrected chi connectivity index (χ4v) is 8.28. The van der Waals surface area contributed by atoms with Gasteiger partial charge in [0.25, 0.3) is 0 Å². The third-order valence-corrected chi connectivity index (χ3v) is 11.9. The second-order valence-corrected chi connectivity index (χ2v) is 19.9. The van der Waals surface area contributed by atoms with Crippen LogP contribution in [0.5, 0.6) is 5.75 Å². The van der Waals surface area contributed by atoms with Crippen LogP contribution in [-0.2, 0) is 16.2 Å². The van der Waals surface area contributed by atoms with Crippen molar-refractivity contribution in [3.8, 4) is 67.5 Å². The Labute approximate surface area is 390 Å². The molecule has 0 amide bonds. The van der Waals surface area contributed by atoms with Crippen LogP contribution >= 0.6 is 0 Å². The first-order valence-corrected chi connectivity index (χ1v) is 21.5. The molecule has 320 valence electrons. The number of fused-ring (bicyclic) bond motifs is 1. The molecule has 6 aromatic carbocycles. The lowest BCUT2D eigenvalue weighted by Crippen LogP contribution is -2.16. The number of aryl methyl sites for hydroxylation is 3. The normalized spacial score (nSPS) is 15.0. The molecule has 4 nitrogen and oxygen atoms in total. The first-order valence-electron chi connectivity index (χ1n) is 26.5. The van der Waals surface area contributed by atoms with Crippen molar-refractivity contribution in [2.45, 2.75) is 106 Å². The maximum atomic E-state index is 9.11. The molecule has 8 rings (SSSR count). The number of hydrogen-bond donors (Lipinski definition) is 0. The second kappa shape index (κ2) is 16.1. The smallest absolute Gasteiger partial charge is 0.149 e. The first-order chi connectivity index (χ1) is 33.8. The molecule has 0 atom stereocenters. The van der Waals surface area contributed by atoms with Crippen molar-refractivity contribution in [2.24, 2.45) is 0 Å². The molecule has 0 N–H and O–H groups in total. The molecule has 0 bridgehead atoms. The fraction of sp³-hybridized carbons (Fsp3) is 0.288. The molecular weight excluding hydrogens is 767 g/mol. The van der Waals surface area contributed by atoms with Gasteiger partial charge in [0.2, 0.25) is 0 Å². The summed E-state index contributed by atoms with van der Waals surface area (Å²) in [5.74, 6) is 1.11. The van der Waals surface area contributed by atoms with Crippen LogP contribution in [0.15, 0.2) is 127 Å². The lowest BCUT2D eigenvalue weighted by atomic mass is 9.79. The van der Waals surface area contributed by atoms with E-state index < -0.39 is 43.4 Å². The summed E-state index contributed by atoms with van der Waals surface area (Å²) in [5, 5.41) is 0. The van der Waals surface area contributed by atoms with E-state index in [1.54, 1.807) is 31.5 Å². The Hall–Kier alpha value is -6.26. The average Bonchev–Trinajstić information content (AvgIpc) is 3.68. The van der Waals surface area contributed by atoms with Gasteiger partial charge in [-0.25, -0.2) is 4.98 Å². The van der Waals surface area contributed by atoms with Crippen LogP contribution in [0, 0.1) is 27.6 Å². The molecule has 2 aromatic heterocycles. The van der Waals surface area contributed by atoms with Gasteiger partial charge in [0, 0.05) is 25.5 Å². The third kappa shape index (κ3) is 8.61. The molecule has 0 fully saturated rings. The number of rotatable bonds is 7. The van der Waals surface area contributed by atoms with Gasteiger partial charge in [-0.15, -0.1) is 0 Å². The first kappa shape index (κ1) is 32.4. The lowest BCUT2D eigenvalue weighted by Gasteiger charge is -2.26. The largest absolute Gasteiger partial charge is 0.496 e. The number of benzene rings is 6. The molecule has 8 aromatic rings. The molecule has 0 spiro atoms. The SMILES string of the molecule is [2H]c1c([2H])c(C([2H])([2H])[2H])c([2H])c([2H])c1-c1ccnc(-c2cc(-c3cccc4c3nc(-c3cc(C)cc(C)c3OC)n4-c3ccc(-c4cc(C(C)(C)C)cc(C(C)(C)C)c4)cc3C([2H])([2H])[2H])cc(C(C)(C)C)c2)c1. The van der Waals surface area contributed by atoms with Crippen LogP contribution in [0.25, 0.3) is 72.7 Å². The highest BCUT2D eigenvalue weighted by atomic mass is 16.5. The standard InChI is InChI=1S/C59H63N3O/c1-36-18-20-40(21-19-36)42-24-25-60-51(34-42)45-29-44(32-46(33-45)57(5,6)7)49-16-15-17-53-54(49)61-56(50-27-37(2)26-39(4)55(50)63-14)62(53)52-23-22-41(28-38(52)3)43-30-47(58(8,9)10)35-48(31-43)59(11,12)13/h15-35H,1-14H3/i1D3,3D3,18D,19D,20D,21D. The van der Waals surface area contributed by atoms with Crippen LogP contribution in [0.3, 0.4) is 0 Å². The number of pyridine rings is 1. The Balaban J connectivity index is 1.40. The molecule has 4 heteroatoms. The Morgan fingerprint density at radius 1 is 0.556 bits per heavy atom. The third-order valence-electron chi connectivity index (χ3n) is 11.9. The number of hydrogen-bond acceptors (Lipinski definition) is 3. The number of ether oxygens (including phenoxy) is 1. The predicted octanol–water partition coefficient (Wildman–Crippen LogP) is 15.9. The predicted molar refractivity (Wildman–Crippen MR) is 268 cm³/mol. The van der Waals surface area contributed by atoms with Crippen LogP contribution in [0.1, 0.15) is 115 Å². The molecule has 0 saturated carbocycles. The maximum absolute atomic E-state index is 9.11. The van der Waals surface area contributed by atoms with Gasteiger partial charge in [-0.3, -0.25) is 9.55 Å². The zero-order chi connectivity index (χ0) is 53.7. The highest BCUT2D eigenvalue weighted by molar-refractivity contribution is 5.97. The summed E-state index contributed by atoms with van der Waals surface area (Å²) in [6.45, 7) is 18.1. The number of para-hydroxylation sites is 1. The summed E-state index contributed by atoms with van der Waals surface area (Å²) < 4.78 is 94.0. The van der Waals surface area contributed by atoms with Crippen LogP contribution in [0.4, 0.5) is 0 Å². The number of imidazole rings is 1. The van der Waals surface area contributed by atoms with E-state index >= 15 is 0 Å². The topological polar surface area (TPSA) is 39.9 Å². The van der Waals surface area contributed by atoms with Crippen molar-refractivity contribution in [1.82, 2.24) is 14.5 Å². The van der Waals surface area contributed by atoms with E-state index in [9.17, 15) is 0 Å². The van der Waals surface area contributed by atoms with E-state index in [1.807, 2.05) is 73.0 Å². The van der Waals surface area contributed by atoms with E-state index in [0.29, 0.717) is 50.7 Å². The van der Waals surface area contributed by atoms with Crippen molar-refractivity contribution in [2.75, 3.05) is 7.11 Å². The van der Waals surface area contributed by atoms with Crippen LogP contribution in [-0.4, -0.2) is 21.6 Å². The molecule has 0 unspecified atom stereocenters. The maximum Gasteiger partial charge on any atom is 0.149 e. The van der Waals surface area contributed by atoms with Crippen molar-refractivity contribution < 1.29 is 18.4 Å². The second-order valence-electron chi connectivity index (χ2n) is 19.9. The Bertz CT molecular complexity index is 3430. The molecule has 63 heavy (non-hydrogen) atoms. The fourth-order valence-electron chi connectivity index (χ4n) is 8.28. The van der Waals surface area contributed by atoms with Crippen molar-refractivity contribution in [3.05, 3.63) is 166 Å². The van der Waals surface area contributed by atoms with E-state index in [2.05, 4.69) is 86.6 Å². The minimum absolute atomic E-state index is 0.0268. The number of aromatic nitrogens is 3. The van der Waals surface area contributed by atoms with Crippen LogP contribution in [0.2, 0.25) is 0 Å². The summed E-state index contributed by atoms with van der Waals surface area (Å²) in [7, 11) is 1.63. The van der Waals surface area contributed by atoms with Crippen LogP contribution < -0.4 is 4.74 Å². The number of nitrogens with zero attached hydrogens (tertiary/aromatic N) is 3. The van der Waals surface area contributed by atoms with Gasteiger partial charge in [0.15, 0.2) is 0 Å². The molecule has 0 aliphatic carbocycles. The average molecular weight is 840 g/mol. The highest BCUT2D eigenvalue weighted by Gasteiger charge is 2.25. The van der Waals surface area contributed by atoms with Gasteiger partial charge >= 0.3 is 0 Å². The zero-order valence-corrected chi connectivity index (χ0v) is 38.6. The molecule has 0 radical (unpaired) electrons. The summed E-state index contributed by atoms with van der Waals surface area (Å²) >= 11 is 0. The van der Waals surface area contributed by atoms with Gasteiger partial charge in [-0.1, -0.05) is 141 Å². The molecule has 2 heterocycles. The Morgan fingerprint density at radius 3 is 1.86 bits per heavy atom. The monoisotopic (exact) mass is 840 g/mol. The lowest BCUT2D eigenvalue weighted by molar-refractivity contribution is 0.413. The van der Waals surface area contributed by atoms with Gasteiger partial charge in [0.05, 0.1) is 40.6 Å². The summed E-state index contributed by atoms with van der Waals surface area (Å²) in [4.78, 5) is 10.2. The highest BCUT2D eigenvalue weighted by Crippen LogP contribution is 2.43. The summed E-state index contributed by atoms with van der Waals surface area (Å²) in [6, 6.07) is 29.6. The van der Waals surface area contributed by atoms with Gasteiger partial charge in [-0.2, -0.15) is 0 Å². The van der Waals surface area contributed by atoms with E-state index in [-0.39, 0.29) is 27.4 Å². The molecule has 0 saturated heterocycles.